The van der Waals surface area contributed by atoms with E-state index in [4.69, 9.17) is 11.6 Å². The largest absolute Gasteiger partial charge is 0.434 e. The van der Waals surface area contributed by atoms with Gasteiger partial charge >= 0.3 is 6.18 Å². The Hall–Kier alpha value is -3.09. The van der Waals surface area contributed by atoms with Crippen LogP contribution in [-0.4, -0.2) is 39.7 Å². The standard InChI is InChI=1S/C19H15ClF3N7OS/c1-32-13-4-2-3-12(8-13)29-16(19(21,22)23)14(10-27-29)18(31)28-11-7-15(20)17(24-9-11)30-25-5-6-26-30/h2-5,7-10,26H,6H2,1H3,(H,28,31). The quantitative estimate of drug-likeness (QED) is 0.530. The molecular weight excluding hydrogens is 467 g/mol. The number of nitrogens with one attached hydrogen (secondary N) is 2. The molecule has 8 nitrogen and oxygen atoms in total. The van der Waals surface area contributed by atoms with Crippen molar-refractivity contribution < 1.29 is 18.0 Å². The van der Waals surface area contributed by atoms with E-state index in [0.717, 1.165) is 11.1 Å². The fourth-order valence-electron chi connectivity index (χ4n) is 3.00. The van der Waals surface area contributed by atoms with Crippen molar-refractivity contribution in [1.82, 2.24) is 20.2 Å². The monoisotopic (exact) mass is 481 g/mol. The van der Waals surface area contributed by atoms with E-state index in [9.17, 15) is 18.0 Å². The number of halogens is 4. The lowest BCUT2D eigenvalue weighted by Crippen LogP contribution is -2.29. The van der Waals surface area contributed by atoms with Gasteiger partial charge in [0.1, 0.15) is 0 Å². The number of rotatable bonds is 5. The molecule has 3 heterocycles. The van der Waals surface area contributed by atoms with Gasteiger partial charge in [-0.2, -0.15) is 28.5 Å². The number of pyridine rings is 1. The number of anilines is 2. The third-order valence-electron chi connectivity index (χ3n) is 4.39. The number of nitrogens with zero attached hydrogens (tertiary/aromatic N) is 5. The summed E-state index contributed by atoms with van der Waals surface area (Å²) in [5.41, 5.74) is 1.39. The Morgan fingerprint density at radius 1 is 1.28 bits per heavy atom. The predicted octanol–water partition coefficient (Wildman–Crippen LogP) is 4.22. The maximum atomic E-state index is 13.9. The van der Waals surface area contributed by atoms with Crippen molar-refractivity contribution in [3.8, 4) is 5.69 Å². The highest BCUT2D eigenvalue weighted by Crippen LogP contribution is 2.35. The first-order valence-electron chi connectivity index (χ1n) is 9.10. The van der Waals surface area contributed by atoms with E-state index in [0.29, 0.717) is 11.2 Å². The van der Waals surface area contributed by atoms with Gasteiger partial charge in [-0.1, -0.05) is 17.7 Å². The highest BCUT2D eigenvalue weighted by atomic mass is 35.5. The Bertz CT molecular complexity index is 1200. The Balaban J connectivity index is 1.65. The predicted molar refractivity (Wildman–Crippen MR) is 117 cm³/mol. The third kappa shape index (κ3) is 4.42. The molecule has 0 radical (unpaired) electrons. The molecular formula is C19H15ClF3N7OS. The highest BCUT2D eigenvalue weighted by molar-refractivity contribution is 7.98. The van der Waals surface area contributed by atoms with Gasteiger partial charge in [0.25, 0.3) is 5.91 Å². The van der Waals surface area contributed by atoms with Gasteiger partial charge < -0.3 is 5.32 Å². The van der Waals surface area contributed by atoms with Crippen LogP contribution in [0.25, 0.3) is 5.69 Å². The summed E-state index contributed by atoms with van der Waals surface area (Å²) in [5.74, 6) is -0.705. The molecule has 32 heavy (non-hydrogen) atoms. The van der Waals surface area contributed by atoms with Crippen LogP contribution in [0, 0.1) is 0 Å². The van der Waals surface area contributed by atoms with Crippen LogP contribution in [0.3, 0.4) is 0 Å². The molecule has 1 aliphatic rings. The number of hydrazone groups is 1. The van der Waals surface area contributed by atoms with Crippen molar-refractivity contribution in [3.05, 3.63) is 59.0 Å². The second kappa shape index (κ2) is 8.81. The maximum Gasteiger partial charge on any atom is 0.434 e. The number of carbonyl (C=O) groups excluding carboxylic acids is 1. The zero-order valence-corrected chi connectivity index (χ0v) is 18.0. The summed E-state index contributed by atoms with van der Waals surface area (Å²) in [6, 6.07) is 7.81. The van der Waals surface area contributed by atoms with Crippen molar-refractivity contribution >= 4 is 47.0 Å². The van der Waals surface area contributed by atoms with E-state index in [1.54, 1.807) is 24.4 Å². The number of amides is 1. The van der Waals surface area contributed by atoms with Crippen LogP contribution in [0.1, 0.15) is 16.1 Å². The molecule has 0 bridgehead atoms. The van der Waals surface area contributed by atoms with Crippen LogP contribution in [0.15, 0.2) is 52.7 Å². The van der Waals surface area contributed by atoms with Crippen molar-refractivity contribution in [2.45, 2.75) is 11.1 Å². The molecule has 0 saturated carbocycles. The van der Waals surface area contributed by atoms with Crippen LogP contribution in [0.5, 0.6) is 0 Å². The Kier molecular flexibility index (Phi) is 6.09. The van der Waals surface area contributed by atoms with E-state index in [1.165, 1.54) is 35.2 Å². The van der Waals surface area contributed by atoms with Gasteiger partial charge in [0.2, 0.25) is 0 Å². The summed E-state index contributed by atoms with van der Waals surface area (Å²) < 4.78 is 42.4. The number of carbonyl (C=O) groups is 1. The highest BCUT2D eigenvalue weighted by Gasteiger charge is 2.40. The van der Waals surface area contributed by atoms with Gasteiger partial charge in [-0.05, 0) is 30.5 Å². The van der Waals surface area contributed by atoms with Crippen LogP contribution in [0.4, 0.5) is 24.7 Å². The summed E-state index contributed by atoms with van der Waals surface area (Å²) in [6.07, 6.45) is 0.753. The van der Waals surface area contributed by atoms with Crippen molar-refractivity contribution in [3.63, 3.8) is 0 Å². The molecule has 0 aliphatic carbocycles. The molecule has 2 N–H and O–H groups in total. The van der Waals surface area contributed by atoms with E-state index in [-0.39, 0.29) is 22.2 Å². The lowest BCUT2D eigenvalue weighted by Gasteiger charge is -2.15. The molecule has 4 rings (SSSR count). The average molecular weight is 482 g/mol. The molecule has 0 atom stereocenters. The number of hydrogen-bond acceptors (Lipinski definition) is 7. The fourth-order valence-corrected chi connectivity index (χ4v) is 3.70. The maximum absolute atomic E-state index is 13.9. The Morgan fingerprint density at radius 2 is 2.09 bits per heavy atom. The number of thioether (sulfide) groups is 1. The second-order valence-electron chi connectivity index (χ2n) is 6.47. The van der Waals surface area contributed by atoms with Crippen molar-refractivity contribution in [2.24, 2.45) is 5.10 Å². The zero-order chi connectivity index (χ0) is 22.9. The summed E-state index contributed by atoms with van der Waals surface area (Å²) >= 11 is 7.57. The van der Waals surface area contributed by atoms with Crippen LogP contribution < -0.4 is 15.9 Å². The summed E-state index contributed by atoms with van der Waals surface area (Å²) in [4.78, 5) is 17.6. The number of benzene rings is 1. The first kappa shape index (κ1) is 22.1. The minimum Gasteiger partial charge on any atom is -0.320 e. The Morgan fingerprint density at radius 3 is 2.75 bits per heavy atom. The van der Waals surface area contributed by atoms with E-state index >= 15 is 0 Å². The van der Waals surface area contributed by atoms with Gasteiger partial charge in [-0.3, -0.25) is 4.79 Å². The van der Waals surface area contributed by atoms with E-state index in [1.807, 2.05) is 6.26 Å². The van der Waals surface area contributed by atoms with Crippen molar-refractivity contribution in [2.75, 3.05) is 23.2 Å². The van der Waals surface area contributed by atoms with E-state index < -0.39 is 23.3 Å². The zero-order valence-electron chi connectivity index (χ0n) is 16.4. The number of alkyl halides is 3. The molecule has 2 aromatic heterocycles. The summed E-state index contributed by atoms with van der Waals surface area (Å²) in [7, 11) is 0. The van der Waals surface area contributed by atoms with Crippen LogP contribution in [0.2, 0.25) is 5.02 Å². The summed E-state index contributed by atoms with van der Waals surface area (Å²) in [5, 5.41) is 11.7. The minimum absolute atomic E-state index is 0.122. The molecule has 0 saturated heterocycles. The van der Waals surface area contributed by atoms with E-state index in [2.05, 4.69) is 25.9 Å². The molecule has 0 fully saturated rings. The van der Waals surface area contributed by atoms with Gasteiger partial charge in [-0.25, -0.2) is 15.1 Å². The fraction of sp³-hybridized carbons (Fsp3) is 0.158. The molecule has 1 aliphatic heterocycles. The number of aromatic nitrogens is 3. The molecule has 1 amide bonds. The SMILES string of the molecule is CSc1cccc(-n2ncc(C(=O)Nc3cnc(N4N=CCN4)c(Cl)c3)c2C(F)(F)F)c1. The molecule has 3 aromatic rings. The summed E-state index contributed by atoms with van der Waals surface area (Å²) in [6.45, 7) is 0.501. The smallest absolute Gasteiger partial charge is 0.320 e. The van der Waals surface area contributed by atoms with Gasteiger partial charge in [-0.15, -0.1) is 11.8 Å². The Labute approximate surface area is 189 Å². The lowest BCUT2D eigenvalue weighted by molar-refractivity contribution is -0.143. The number of hydrazine groups is 1. The third-order valence-corrected chi connectivity index (χ3v) is 5.39. The van der Waals surface area contributed by atoms with Crippen LogP contribution >= 0.6 is 23.4 Å². The first-order valence-corrected chi connectivity index (χ1v) is 10.7. The number of hydrogen-bond donors (Lipinski definition) is 2. The molecule has 0 unspecified atom stereocenters. The topological polar surface area (TPSA) is 87.4 Å². The lowest BCUT2D eigenvalue weighted by atomic mass is 10.2. The van der Waals surface area contributed by atoms with Crippen molar-refractivity contribution in [1.29, 1.82) is 0 Å². The minimum atomic E-state index is -4.82. The second-order valence-corrected chi connectivity index (χ2v) is 7.76. The van der Waals surface area contributed by atoms with Gasteiger partial charge in [0.15, 0.2) is 11.5 Å². The molecule has 13 heteroatoms. The average Bonchev–Trinajstić information content (AvgIpc) is 3.44. The molecule has 0 spiro atoms. The van der Waals surface area contributed by atoms with Gasteiger partial charge in [0.05, 0.1) is 40.9 Å². The first-order chi connectivity index (χ1) is 15.3. The van der Waals surface area contributed by atoms with Gasteiger partial charge in [0, 0.05) is 11.1 Å². The molecule has 1 aromatic carbocycles. The van der Waals surface area contributed by atoms with Crippen LogP contribution in [-0.2, 0) is 6.18 Å². The molecule has 166 valence electrons. The normalized spacial score (nSPS) is 13.6.